The van der Waals surface area contributed by atoms with Gasteiger partial charge < -0.3 is 10.2 Å². The van der Waals surface area contributed by atoms with Crippen LogP contribution in [0.25, 0.3) is 10.2 Å². The molecule has 5 nitrogen and oxygen atoms in total. The average molecular weight is 290 g/mol. The normalized spacial score (nSPS) is 15.8. The van der Waals surface area contributed by atoms with Crippen molar-refractivity contribution >= 4 is 33.3 Å². The van der Waals surface area contributed by atoms with Crippen molar-refractivity contribution in [2.75, 3.05) is 18.4 Å². The van der Waals surface area contributed by atoms with Crippen LogP contribution < -0.4 is 5.32 Å². The third-order valence-electron chi connectivity index (χ3n) is 3.47. The third-order valence-corrected chi connectivity index (χ3v) is 4.28. The number of rotatable bonds is 4. The molecule has 1 saturated heterocycles. The zero-order chi connectivity index (χ0) is 13.9. The maximum absolute atomic E-state index is 11.9. The quantitative estimate of drug-likeness (QED) is 0.940. The molecule has 20 heavy (non-hydrogen) atoms. The maximum Gasteiger partial charge on any atom is 0.222 e. The Morgan fingerprint density at radius 3 is 3.10 bits per heavy atom. The summed E-state index contributed by atoms with van der Waals surface area (Å²) >= 11 is 1.61. The van der Waals surface area contributed by atoms with Gasteiger partial charge in [0, 0.05) is 19.5 Å². The monoisotopic (exact) mass is 290 g/mol. The van der Waals surface area contributed by atoms with Crippen LogP contribution in [0, 0.1) is 0 Å². The van der Waals surface area contributed by atoms with Crippen LogP contribution >= 0.6 is 11.3 Å². The first-order valence-corrected chi connectivity index (χ1v) is 7.91. The van der Waals surface area contributed by atoms with E-state index in [9.17, 15) is 4.79 Å². The fraction of sp³-hybridized carbons (Fsp3) is 0.500. The molecule has 0 atom stereocenters. The Morgan fingerprint density at radius 2 is 2.30 bits per heavy atom. The number of hydrogen-bond donors (Lipinski definition) is 1. The summed E-state index contributed by atoms with van der Waals surface area (Å²) in [6, 6.07) is 2.04. The first-order valence-electron chi connectivity index (χ1n) is 7.03. The number of amides is 1. The highest BCUT2D eigenvalue weighted by Gasteiger charge is 2.20. The third kappa shape index (κ3) is 2.60. The Kier molecular flexibility index (Phi) is 3.82. The summed E-state index contributed by atoms with van der Waals surface area (Å²) in [5, 5.41) is 6.36. The number of piperidine rings is 1. The summed E-state index contributed by atoms with van der Waals surface area (Å²) in [6.45, 7) is 4.21. The number of carbonyl (C=O) groups excluding carboxylic acids is 1. The molecule has 0 radical (unpaired) electrons. The predicted octanol–water partition coefficient (Wildman–Crippen LogP) is 2.64. The van der Waals surface area contributed by atoms with Crippen LogP contribution in [0.1, 0.15) is 32.0 Å². The van der Waals surface area contributed by atoms with Crippen molar-refractivity contribution in [3.05, 3.63) is 17.3 Å². The van der Waals surface area contributed by atoms with Crippen LogP contribution in [0.4, 0.5) is 5.82 Å². The molecule has 0 bridgehead atoms. The Labute approximate surface area is 122 Å². The van der Waals surface area contributed by atoms with Gasteiger partial charge in [0.2, 0.25) is 5.91 Å². The molecule has 0 spiro atoms. The van der Waals surface area contributed by atoms with Gasteiger partial charge in [0.15, 0.2) is 5.82 Å². The largest absolute Gasteiger partial charge is 0.370 e. The minimum Gasteiger partial charge on any atom is -0.370 e. The van der Waals surface area contributed by atoms with E-state index in [1.54, 1.807) is 11.3 Å². The van der Waals surface area contributed by atoms with Gasteiger partial charge in [-0.05, 0) is 31.2 Å². The predicted molar refractivity (Wildman–Crippen MR) is 80.8 cm³/mol. The molecular weight excluding hydrogens is 272 g/mol. The molecule has 1 N–H and O–H groups in total. The molecule has 0 aromatic carbocycles. The molecule has 1 aliphatic rings. The molecule has 2 aromatic rings. The highest BCUT2D eigenvalue weighted by molar-refractivity contribution is 7.16. The Hall–Kier alpha value is -1.69. The fourth-order valence-electron chi connectivity index (χ4n) is 2.47. The summed E-state index contributed by atoms with van der Waals surface area (Å²) in [4.78, 5) is 23.9. The number of hydrogen-bond acceptors (Lipinski definition) is 5. The fourth-order valence-corrected chi connectivity index (χ4v) is 3.25. The molecule has 3 heterocycles. The lowest BCUT2D eigenvalue weighted by molar-refractivity contribution is -0.134. The SMILES string of the molecule is CCNc1nc(CN2CCCCC2=O)nc2sccc12. The second-order valence-electron chi connectivity index (χ2n) is 4.93. The zero-order valence-electron chi connectivity index (χ0n) is 11.6. The zero-order valence-corrected chi connectivity index (χ0v) is 12.4. The molecule has 0 saturated carbocycles. The van der Waals surface area contributed by atoms with E-state index in [4.69, 9.17) is 0 Å². The van der Waals surface area contributed by atoms with E-state index < -0.39 is 0 Å². The summed E-state index contributed by atoms with van der Waals surface area (Å²) in [6.07, 6.45) is 2.73. The Balaban J connectivity index is 1.88. The van der Waals surface area contributed by atoms with E-state index >= 15 is 0 Å². The molecular formula is C14H18N4OS. The molecule has 1 amide bonds. The number of aromatic nitrogens is 2. The van der Waals surface area contributed by atoms with Crippen molar-refractivity contribution in [2.45, 2.75) is 32.7 Å². The van der Waals surface area contributed by atoms with Crippen molar-refractivity contribution in [1.29, 1.82) is 0 Å². The van der Waals surface area contributed by atoms with E-state index in [0.717, 1.165) is 47.8 Å². The second-order valence-corrected chi connectivity index (χ2v) is 5.83. The van der Waals surface area contributed by atoms with Gasteiger partial charge in [-0.1, -0.05) is 0 Å². The summed E-state index contributed by atoms with van der Waals surface area (Å²) in [5.41, 5.74) is 0. The molecule has 0 unspecified atom stereocenters. The van der Waals surface area contributed by atoms with Gasteiger partial charge in [0.25, 0.3) is 0 Å². The van der Waals surface area contributed by atoms with Crippen LogP contribution in [0.3, 0.4) is 0 Å². The molecule has 3 rings (SSSR count). The molecule has 0 aliphatic carbocycles. The maximum atomic E-state index is 11.9. The lowest BCUT2D eigenvalue weighted by Gasteiger charge is -2.26. The Bertz CT molecular complexity index is 625. The molecule has 106 valence electrons. The van der Waals surface area contributed by atoms with Crippen LogP contribution in [0.15, 0.2) is 11.4 Å². The van der Waals surface area contributed by atoms with Gasteiger partial charge in [-0.15, -0.1) is 11.3 Å². The van der Waals surface area contributed by atoms with Crippen molar-refractivity contribution in [2.24, 2.45) is 0 Å². The van der Waals surface area contributed by atoms with Crippen LogP contribution in [-0.2, 0) is 11.3 Å². The van der Waals surface area contributed by atoms with Gasteiger partial charge in [-0.2, -0.15) is 0 Å². The van der Waals surface area contributed by atoms with Crippen LogP contribution in [0.2, 0.25) is 0 Å². The number of fused-ring (bicyclic) bond motifs is 1. The number of thiophene rings is 1. The summed E-state index contributed by atoms with van der Waals surface area (Å²) < 4.78 is 0. The van der Waals surface area contributed by atoms with E-state index in [1.165, 1.54) is 0 Å². The molecule has 2 aromatic heterocycles. The smallest absolute Gasteiger partial charge is 0.222 e. The number of likely N-dealkylation sites (tertiary alicyclic amines) is 1. The molecule has 1 aliphatic heterocycles. The van der Waals surface area contributed by atoms with Gasteiger partial charge in [0.1, 0.15) is 10.6 Å². The Morgan fingerprint density at radius 1 is 1.40 bits per heavy atom. The number of nitrogens with zero attached hydrogens (tertiary/aromatic N) is 3. The standard InChI is InChI=1S/C14H18N4OS/c1-2-15-13-10-6-8-20-14(10)17-11(16-13)9-18-7-4-3-5-12(18)19/h6,8H,2-5,7,9H2,1H3,(H,15,16,17). The van der Waals surface area contributed by atoms with Crippen molar-refractivity contribution in [3.63, 3.8) is 0 Å². The van der Waals surface area contributed by atoms with Gasteiger partial charge in [0.05, 0.1) is 11.9 Å². The van der Waals surface area contributed by atoms with Gasteiger partial charge in [-0.25, -0.2) is 9.97 Å². The first kappa shape index (κ1) is 13.3. The molecule has 6 heteroatoms. The van der Waals surface area contributed by atoms with E-state index in [0.29, 0.717) is 13.0 Å². The van der Waals surface area contributed by atoms with Crippen LogP contribution in [0.5, 0.6) is 0 Å². The van der Waals surface area contributed by atoms with Crippen molar-refractivity contribution in [1.82, 2.24) is 14.9 Å². The second kappa shape index (κ2) is 5.75. The van der Waals surface area contributed by atoms with E-state index in [2.05, 4.69) is 15.3 Å². The lowest BCUT2D eigenvalue weighted by Crippen LogP contribution is -2.35. The van der Waals surface area contributed by atoms with Crippen molar-refractivity contribution in [3.8, 4) is 0 Å². The minimum atomic E-state index is 0.219. The van der Waals surface area contributed by atoms with Gasteiger partial charge in [-0.3, -0.25) is 4.79 Å². The van der Waals surface area contributed by atoms with E-state index in [-0.39, 0.29) is 5.91 Å². The molecule has 1 fully saturated rings. The minimum absolute atomic E-state index is 0.219. The number of nitrogens with one attached hydrogen (secondary N) is 1. The highest BCUT2D eigenvalue weighted by atomic mass is 32.1. The van der Waals surface area contributed by atoms with Crippen LogP contribution in [-0.4, -0.2) is 33.9 Å². The van der Waals surface area contributed by atoms with Gasteiger partial charge >= 0.3 is 0 Å². The topological polar surface area (TPSA) is 58.1 Å². The van der Waals surface area contributed by atoms with Crippen molar-refractivity contribution < 1.29 is 4.79 Å². The average Bonchev–Trinajstić information content (AvgIpc) is 2.90. The van der Waals surface area contributed by atoms with E-state index in [1.807, 2.05) is 23.3 Å². The lowest BCUT2D eigenvalue weighted by atomic mass is 10.1. The highest BCUT2D eigenvalue weighted by Crippen LogP contribution is 2.25. The number of anilines is 1. The summed E-state index contributed by atoms with van der Waals surface area (Å²) in [5.74, 6) is 1.82. The summed E-state index contributed by atoms with van der Waals surface area (Å²) in [7, 11) is 0. The number of carbonyl (C=O) groups is 1. The first-order chi connectivity index (χ1) is 9.78.